The van der Waals surface area contributed by atoms with Gasteiger partial charge in [0.2, 0.25) is 0 Å². The molecule has 41 heavy (non-hydrogen) atoms. The molecule has 1 aliphatic carbocycles. The maximum absolute atomic E-state index is 13.5. The summed E-state index contributed by atoms with van der Waals surface area (Å²) in [6.07, 6.45) is -9.04. The van der Waals surface area contributed by atoms with Gasteiger partial charge >= 0.3 is 18.3 Å². The molecule has 3 aromatic rings. The van der Waals surface area contributed by atoms with Crippen molar-refractivity contribution < 1.29 is 41.0 Å². The van der Waals surface area contributed by atoms with E-state index in [2.05, 4.69) is 5.32 Å². The first kappa shape index (κ1) is 30.4. The molecule has 0 saturated heterocycles. The Hall–Kier alpha value is -3.53. The molecule has 0 unspecified atom stereocenters. The summed E-state index contributed by atoms with van der Waals surface area (Å²) in [5.74, 6) is -2.97. The largest absolute Gasteiger partial charge is 0.481 e. The minimum atomic E-state index is -4.63. The molecular weight excluding hydrogens is 572 g/mol. The Kier molecular flexibility index (Phi) is 8.73. The van der Waals surface area contributed by atoms with Gasteiger partial charge in [-0.05, 0) is 72.2 Å². The van der Waals surface area contributed by atoms with Gasteiger partial charge in [-0.25, -0.2) is 0 Å². The average molecular weight is 598 g/mol. The van der Waals surface area contributed by atoms with Crippen LogP contribution in [0.25, 0.3) is 11.1 Å². The van der Waals surface area contributed by atoms with Gasteiger partial charge in [-0.15, -0.1) is 0 Å². The van der Waals surface area contributed by atoms with Crippen LogP contribution in [0.3, 0.4) is 0 Å². The Morgan fingerprint density at radius 2 is 1.39 bits per heavy atom. The van der Waals surface area contributed by atoms with Gasteiger partial charge in [0, 0.05) is 17.5 Å². The second-order valence-corrected chi connectivity index (χ2v) is 10.6. The van der Waals surface area contributed by atoms with Crippen LogP contribution in [-0.2, 0) is 16.4 Å². The van der Waals surface area contributed by atoms with Crippen LogP contribution < -0.4 is 5.32 Å². The second kappa shape index (κ2) is 11.8. The number of carbonyl (C=O) groups excluding carboxylic acids is 1. The van der Waals surface area contributed by atoms with Crippen LogP contribution in [0.2, 0.25) is 5.02 Å². The van der Waals surface area contributed by atoms with Crippen molar-refractivity contribution in [2.45, 2.75) is 49.9 Å². The topological polar surface area (TPSA) is 66.4 Å². The molecule has 0 aliphatic heterocycles. The lowest BCUT2D eigenvalue weighted by Gasteiger charge is -2.42. The quantitative estimate of drug-likeness (QED) is 0.269. The fraction of sp³-hybridized carbons (Fsp3) is 0.333. The number of benzene rings is 3. The molecule has 4 nitrogen and oxygen atoms in total. The number of hydrogen-bond acceptors (Lipinski definition) is 2. The molecule has 0 atom stereocenters. The summed E-state index contributed by atoms with van der Waals surface area (Å²) < 4.78 is 80.6. The molecule has 0 heterocycles. The number of hydrogen-bond donors (Lipinski definition) is 2. The molecular formula is C30H26ClF6NO3. The molecule has 0 aromatic heterocycles. The average Bonchev–Trinajstić information content (AvgIpc) is 2.92. The number of carboxylic acids is 1. The van der Waals surface area contributed by atoms with E-state index in [0.29, 0.717) is 22.3 Å². The van der Waals surface area contributed by atoms with Gasteiger partial charge in [0.05, 0.1) is 22.9 Å². The first-order valence-electron chi connectivity index (χ1n) is 12.9. The molecule has 0 bridgehead atoms. The normalized spacial score (nSPS) is 19.5. The van der Waals surface area contributed by atoms with Crippen LogP contribution >= 0.6 is 11.6 Å². The van der Waals surface area contributed by atoms with E-state index in [4.69, 9.17) is 16.7 Å². The zero-order valence-electron chi connectivity index (χ0n) is 21.6. The summed E-state index contributed by atoms with van der Waals surface area (Å²) in [6, 6.07) is 16.8. The van der Waals surface area contributed by atoms with Crippen molar-refractivity contribution in [3.63, 3.8) is 0 Å². The zero-order valence-corrected chi connectivity index (χ0v) is 22.3. The van der Waals surface area contributed by atoms with E-state index < -0.39 is 46.1 Å². The molecule has 4 rings (SSSR count). The fourth-order valence-electron chi connectivity index (χ4n) is 5.41. The number of carbonyl (C=O) groups is 2. The van der Waals surface area contributed by atoms with Gasteiger partial charge in [0.25, 0.3) is 5.91 Å². The molecule has 0 spiro atoms. The van der Waals surface area contributed by atoms with Crippen molar-refractivity contribution in [2.24, 2.45) is 5.92 Å². The Balaban J connectivity index is 1.66. The summed E-state index contributed by atoms with van der Waals surface area (Å²) in [6.45, 7) is -0.0525. The number of amides is 1. The smallest absolute Gasteiger partial charge is 0.417 e. The maximum atomic E-state index is 13.5. The van der Waals surface area contributed by atoms with E-state index >= 15 is 0 Å². The molecule has 1 amide bonds. The summed E-state index contributed by atoms with van der Waals surface area (Å²) in [4.78, 5) is 23.1. The molecule has 1 aliphatic rings. The lowest BCUT2D eigenvalue weighted by molar-refractivity contribution is -0.184. The number of carboxylic acid groups (broad SMARTS) is 1. The Bertz CT molecular complexity index is 1390. The minimum Gasteiger partial charge on any atom is -0.481 e. The lowest BCUT2D eigenvalue weighted by atomic mass is 9.63. The third kappa shape index (κ3) is 6.86. The van der Waals surface area contributed by atoms with Gasteiger partial charge in [-0.3, -0.25) is 9.59 Å². The van der Waals surface area contributed by atoms with Crippen molar-refractivity contribution in [1.29, 1.82) is 0 Å². The first-order valence-corrected chi connectivity index (χ1v) is 13.2. The van der Waals surface area contributed by atoms with Gasteiger partial charge in [-0.1, -0.05) is 54.1 Å². The van der Waals surface area contributed by atoms with Crippen LogP contribution in [0.4, 0.5) is 26.3 Å². The monoisotopic (exact) mass is 597 g/mol. The van der Waals surface area contributed by atoms with Crippen LogP contribution in [0.5, 0.6) is 0 Å². The summed E-state index contributed by atoms with van der Waals surface area (Å²) >= 11 is 5.74. The van der Waals surface area contributed by atoms with Crippen molar-refractivity contribution in [2.75, 3.05) is 6.54 Å². The standard InChI is InChI=1S/C30H26ClF6NO3/c31-25-10-5-20(17-24(25)30(35,36)37)18-1-6-21(7-2-18)28(14-11-23(12-15-28)29(32,33)34)22-8-3-19(4-9-22)27(41)38-16-13-26(39)40/h1-10,17,23H,11-16H2,(H,38,41)(H,39,40). The van der Waals surface area contributed by atoms with Crippen LogP contribution in [0, 0.1) is 5.92 Å². The molecule has 1 fully saturated rings. The number of alkyl halides is 6. The van der Waals surface area contributed by atoms with E-state index in [0.717, 1.165) is 6.07 Å². The zero-order chi connectivity index (χ0) is 30.0. The van der Waals surface area contributed by atoms with Crippen molar-refractivity contribution in [3.05, 3.63) is 94.0 Å². The van der Waals surface area contributed by atoms with Gasteiger partial charge in [-0.2, -0.15) is 26.3 Å². The maximum Gasteiger partial charge on any atom is 0.417 e. The molecule has 2 N–H and O–H groups in total. The highest BCUT2D eigenvalue weighted by atomic mass is 35.5. The van der Waals surface area contributed by atoms with E-state index in [1.54, 1.807) is 48.5 Å². The van der Waals surface area contributed by atoms with Gasteiger partial charge < -0.3 is 10.4 Å². The number of rotatable bonds is 7. The third-order valence-corrected chi connectivity index (χ3v) is 8.00. The van der Waals surface area contributed by atoms with E-state index in [1.807, 2.05) is 0 Å². The highest BCUT2D eigenvalue weighted by molar-refractivity contribution is 6.31. The third-order valence-electron chi connectivity index (χ3n) is 7.67. The first-order chi connectivity index (χ1) is 19.2. The molecule has 1 saturated carbocycles. The van der Waals surface area contributed by atoms with Crippen LogP contribution in [-0.4, -0.2) is 29.7 Å². The van der Waals surface area contributed by atoms with Crippen molar-refractivity contribution in [1.82, 2.24) is 5.32 Å². The highest BCUT2D eigenvalue weighted by Gasteiger charge is 2.47. The molecule has 0 radical (unpaired) electrons. The summed E-state index contributed by atoms with van der Waals surface area (Å²) in [5.41, 5.74) is 0.705. The highest BCUT2D eigenvalue weighted by Crippen LogP contribution is 2.50. The predicted octanol–water partition coefficient (Wildman–Crippen LogP) is 8.27. The predicted molar refractivity (Wildman–Crippen MR) is 142 cm³/mol. The van der Waals surface area contributed by atoms with E-state index in [1.165, 1.54) is 12.1 Å². The molecule has 218 valence electrons. The number of halogens is 7. The van der Waals surface area contributed by atoms with Crippen LogP contribution in [0.15, 0.2) is 66.7 Å². The molecule has 3 aromatic carbocycles. The summed E-state index contributed by atoms with van der Waals surface area (Å²) in [7, 11) is 0. The van der Waals surface area contributed by atoms with Gasteiger partial charge in [0.1, 0.15) is 0 Å². The Labute approximate surface area is 237 Å². The van der Waals surface area contributed by atoms with Crippen molar-refractivity contribution in [3.8, 4) is 11.1 Å². The molecule has 11 heteroatoms. The van der Waals surface area contributed by atoms with Gasteiger partial charge in [0.15, 0.2) is 0 Å². The van der Waals surface area contributed by atoms with Crippen molar-refractivity contribution >= 4 is 23.5 Å². The minimum absolute atomic E-state index is 0.0525. The second-order valence-electron chi connectivity index (χ2n) is 10.1. The van der Waals surface area contributed by atoms with Crippen LogP contribution in [0.1, 0.15) is 59.2 Å². The number of aliphatic carboxylic acids is 1. The number of nitrogens with one attached hydrogen (secondary N) is 1. The lowest BCUT2D eigenvalue weighted by Crippen LogP contribution is -2.37. The SMILES string of the molecule is O=C(O)CCNC(=O)c1ccc(C2(c3ccc(-c4ccc(Cl)c(C(F)(F)F)c4)cc3)CCC(C(F)(F)F)CC2)cc1. The Morgan fingerprint density at radius 3 is 1.90 bits per heavy atom. The van der Waals surface area contributed by atoms with E-state index in [9.17, 15) is 35.9 Å². The fourth-order valence-corrected chi connectivity index (χ4v) is 5.64. The van der Waals surface area contributed by atoms with E-state index in [-0.39, 0.29) is 44.2 Å². The Morgan fingerprint density at radius 1 is 0.854 bits per heavy atom. The summed E-state index contributed by atoms with van der Waals surface area (Å²) in [5, 5.41) is 10.8.